The minimum Gasteiger partial charge on any atom is -0.325 e. The molecule has 0 saturated carbocycles. The van der Waals surface area contributed by atoms with E-state index in [1.165, 1.54) is 7.05 Å². The molecule has 0 aliphatic rings. The van der Waals surface area contributed by atoms with Crippen molar-refractivity contribution in [3.05, 3.63) is 58.8 Å². The minimum atomic E-state index is -3.92. The molecule has 0 bridgehead atoms. The molecule has 10 heteroatoms. The van der Waals surface area contributed by atoms with Gasteiger partial charge in [-0.3, -0.25) is 4.79 Å². The Labute approximate surface area is 147 Å². The van der Waals surface area contributed by atoms with E-state index in [1.807, 2.05) is 0 Å². The molecule has 0 spiro atoms. The number of H-pyrrole nitrogens is 2. The lowest BCUT2D eigenvalue weighted by atomic mass is 10.3. The molecule has 136 valence electrons. The van der Waals surface area contributed by atoms with Crippen molar-refractivity contribution in [1.29, 1.82) is 0 Å². The third-order valence-corrected chi connectivity index (χ3v) is 5.51. The fourth-order valence-electron chi connectivity index (χ4n) is 2.38. The molecule has 3 aromatic rings. The molecule has 1 amide bonds. The van der Waals surface area contributed by atoms with Gasteiger partial charge < -0.3 is 15.3 Å². The van der Waals surface area contributed by atoms with Crippen LogP contribution in [0.1, 0.15) is 0 Å². The van der Waals surface area contributed by atoms with E-state index in [0.29, 0.717) is 16.7 Å². The SMILES string of the molecule is CN(CC(=O)Nc1ccc2[nH]c(=O)[nH]c2c1)S(=O)(=O)c1ccc(F)cc1. The van der Waals surface area contributed by atoms with E-state index in [9.17, 15) is 22.4 Å². The summed E-state index contributed by atoms with van der Waals surface area (Å²) in [6.07, 6.45) is 0. The fraction of sp³-hybridized carbons (Fsp3) is 0.125. The highest BCUT2D eigenvalue weighted by atomic mass is 32.2. The number of rotatable bonds is 5. The summed E-state index contributed by atoms with van der Waals surface area (Å²) in [4.78, 5) is 28.4. The number of fused-ring (bicyclic) bond motifs is 1. The molecule has 8 nitrogen and oxygen atoms in total. The van der Waals surface area contributed by atoms with Crippen LogP contribution < -0.4 is 11.0 Å². The number of nitrogens with one attached hydrogen (secondary N) is 3. The summed E-state index contributed by atoms with van der Waals surface area (Å²) in [6.45, 7) is -0.429. The lowest BCUT2D eigenvalue weighted by Gasteiger charge is -2.17. The van der Waals surface area contributed by atoms with Gasteiger partial charge in [0.25, 0.3) is 0 Å². The van der Waals surface area contributed by atoms with Crippen molar-refractivity contribution in [3.8, 4) is 0 Å². The number of hydrogen-bond donors (Lipinski definition) is 3. The van der Waals surface area contributed by atoms with Crippen molar-refractivity contribution in [2.45, 2.75) is 4.90 Å². The molecule has 0 radical (unpaired) electrons. The van der Waals surface area contributed by atoms with Gasteiger partial charge >= 0.3 is 5.69 Å². The van der Waals surface area contributed by atoms with Gasteiger partial charge in [-0.1, -0.05) is 0 Å². The van der Waals surface area contributed by atoms with Crippen LogP contribution in [0, 0.1) is 5.82 Å². The van der Waals surface area contributed by atoms with Gasteiger partial charge in [-0.05, 0) is 42.5 Å². The number of amides is 1. The first-order valence-electron chi connectivity index (χ1n) is 7.49. The molecule has 0 aliphatic heterocycles. The van der Waals surface area contributed by atoms with Crippen LogP contribution in [-0.4, -0.2) is 42.2 Å². The van der Waals surface area contributed by atoms with Crippen LogP contribution in [0.25, 0.3) is 11.0 Å². The zero-order chi connectivity index (χ0) is 18.9. The number of aromatic amines is 2. The molecule has 3 rings (SSSR count). The first kappa shape index (κ1) is 17.8. The second-order valence-corrected chi connectivity index (χ2v) is 7.65. The number of benzene rings is 2. The smallest absolute Gasteiger partial charge is 0.323 e. The van der Waals surface area contributed by atoms with Crippen LogP contribution in [0.2, 0.25) is 0 Å². The Bertz CT molecular complexity index is 1120. The number of carbonyl (C=O) groups excluding carboxylic acids is 1. The largest absolute Gasteiger partial charge is 0.325 e. The second kappa shape index (κ2) is 6.73. The normalized spacial score (nSPS) is 11.8. The van der Waals surface area contributed by atoms with Gasteiger partial charge in [-0.15, -0.1) is 0 Å². The highest BCUT2D eigenvalue weighted by Crippen LogP contribution is 2.16. The Hall–Kier alpha value is -2.98. The number of halogens is 1. The number of anilines is 1. The summed E-state index contributed by atoms with van der Waals surface area (Å²) in [7, 11) is -2.67. The van der Waals surface area contributed by atoms with Gasteiger partial charge in [-0.2, -0.15) is 4.31 Å². The number of aromatic nitrogens is 2. The van der Waals surface area contributed by atoms with Crippen molar-refractivity contribution in [2.24, 2.45) is 0 Å². The van der Waals surface area contributed by atoms with E-state index in [-0.39, 0.29) is 10.6 Å². The van der Waals surface area contributed by atoms with Gasteiger partial charge in [0.1, 0.15) is 5.82 Å². The molecule has 0 atom stereocenters. The Balaban J connectivity index is 1.71. The molecular formula is C16H15FN4O4S. The quantitative estimate of drug-likeness (QED) is 0.620. The topological polar surface area (TPSA) is 115 Å². The van der Waals surface area contributed by atoms with E-state index in [1.54, 1.807) is 18.2 Å². The van der Waals surface area contributed by atoms with Crippen LogP contribution in [0.15, 0.2) is 52.2 Å². The number of likely N-dealkylation sites (N-methyl/N-ethyl adjacent to an activating group) is 1. The van der Waals surface area contributed by atoms with Gasteiger partial charge in [0.2, 0.25) is 15.9 Å². The van der Waals surface area contributed by atoms with E-state index < -0.39 is 28.3 Å². The van der Waals surface area contributed by atoms with Crippen LogP contribution in [-0.2, 0) is 14.8 Å². The summed E-state index contributed by atoms with van der Waals surface area (Å²) in [5.41, 5.74) is 1.14. The second-order valence-electron chi connectivity index (χ2n) is 5.60. The lowest BCUT2D eigenvalue weighted by Crippen LogP contribution is -2.34. The molecule has 3 N–H and O–H groups in total. The zero-order valence-electron chi connectivity index (χ0n) is 13.6. The minimum absolute atomic E-state index is 0.111. The molecule has 0 fully saturated rings. The maximum absolute atomic E-state index is 12.9. The summed E-state index contributed by atoms with van der Waals surface area (Å²) < 4.78 is 38.6. The summed E-state index contributed by atoms with van der Waals surface area (Å²) in [5, 5.41) is 2.57. The van der Waals surface area contributed by atoms with E-state index in [2.05, 4.69) is 15.3 Å². The number of carbonyl (C=O) groups is 1. The monoisotopic (exact) mass is 378 g/mol. The van der Waals surface area contributed by atoms with Crippen molar-refractivity contribution in [3.63, 3.8) is 0 Å². The van der Waals surface area contributed by atoms with E-state index >= 15 is 0 Å². The summed E-state index contributed by atoms with van der Waals surface area (Å²) >= 11 is 0. The third-order valence-electron chi connectivity index (χ3n) is 3.69. The average molecular weight is 378 g/mol. The molecule has 26 heavy (non-hydrogen) atoms. The average Bonchev–Trinajstić information content (AvgIpc) is 2.94. The van der Waals surface area contributed by atoms with Crippen molar-refractivity contribution < 1.29 is 17.6 Å². The maximum Gasteiger partial charge on any atom is 0.323 e. The van der Waals surface area contributed by atoms with Crippen LogP contribution in [0.5, 0.6) is 0 Å². The Kier molecular flexibility index (Phi) is 4.62. The number of nitrogens with zero attached hydrogens (tertiary/aromatic N) is 1. The van der Waals surface area contributed by atoms with E-state index in [0.717, 1.165) is 28.6 Å². The van der Waals surface area contributed by atoms with E-state index in [4.69, 9.17) is 0 Å². The zero-order valence-corrected chi connectivity index (χ0v) is 14.4. The number of imidazole rings is 1. The fourth-order valence-corrected chi connectivity index (χ4v) is 3.51. The lowest BCUT2D eigenvalue weighted by molar-refractivity contribution is -0.116. The molecule has 0 unspecified atom stereocenters. The first-order chi connectivity index (χ1) is 12.3. The highest BCUT2D eigenvalue weighted by molar-refractivity contribution is 7.89. The van der Waals surface area contributed by atoms with Gasteiger partial charge in [0.05, 0.1) is 22.5 Å². The van der Waals surface area contributed by atoms with Crippen molar-refractivity contribution >= 4 is 32.7 Å². The summed E-state index contributed by atoms with van der Waals surface area (Å²) in [6, 6.07) is 9.09. The van der Waals surface area contributed by atoms with Crippen LogP contribution in [0.3, 0.4) is 0 Å². The molecule has 1 heterocycles. The standard InChI is InChI=1S/C16H15FN4O4S/c1-21(26(24,25)12-5-2-10(17)3-6-12)9-15(22)18-11-4-7-13-14(8-11)20-16(23)19-13/h2-8H,9H2,1H3,(H,18,22)(H2,19,20,23). The number of hydrogen-bond acceptors (Lipinski definition) is 4. The Morgan fingerprint density at radius 2 is 1.77 bits per heavy atom. The van der Waals surface area contributed by atoms with Crippen molar-refractivity contribution in [2.75, 3.05) is 18.9 Å². The van der Waals surface area contributed by atoms with Gasteiger partial charge in [0.15, 0.2) is 0 Å². The Morgan fingerprint density at radius 1 is 1.12 bits per heavy atom. The molecule has 2 aromatic carbocycles. The maximum atomic E-state index is 12.9. The molecule has 0 aliphatic carbocycles. The van der Waals surface area contributed by atoms with Crippen LogP contribution in [0.4, 0.5) is 10.1 Å². The summed E-state index contributed by atoms with van der Waals surface area (Å²) in [5.74, 6) is -1.11. The highest BCUT2D eigenvalue weighted by Gasteiger charge is 2.23. The van der Waals surface area contributed by atoms with Crippen LogP contribution >= 0.6 is 0 Å². The molecular weight excluding hydrogens is 363 g/mol. The predicted molar refractivity (Wildman–Crippen MR) is 93.8 cm³/mol. The van der Waals surface area contributed by atoms with Gasteiger partial charge in [-0.25, -0.2) is 17.6 Å². The van der Waals surface area contributed by atoms with Gasteiger partial charge in [0, 0.05) is 12.7 Å². The molecule has 0 saturated heterocycles. The molecule has 1 aromatic heterocycles. The Morgan fingerprint density at radius 3 is 2.46 bits per heavy atom. The predicted octanol–water partition coefficient (Wildman–Crippen LogP) is 1.25. The first-order valence-corrected chi connectivity index (χ1v) is 8.93. The third kappa shape index (κ3) is 3.65. The number of sulfonamides is 1. The van der Waals surface area contributed by atoms with Crippen molar-refractivity contribution in [1.82, 2.24) is 14.3 Å².